The molecule has 0 fully saturated rings. The van der Waals surface area contributed by atoms with Crippen LogP contribution in [-0.4, -0.2) is 11.6 Å². The Bertz CT molecular complexity index is 17.9. The molecule has 2 nitrogen and oxygen atoms in total. The van der Waals surface area contributed by atoms with Crippen molar-refractivity contribution in [2.24, 2.45) is 0 Å². The summed E-state index contributed by atoms with van der Waals surface area (Å²) in [5, 5.41) is 6.76. The van der Waals surface area contributed by atoms with Crippen LogP contribution in [0.5, 0.6) is 0 Å². The summed E-state index contributed by atoms with van der Waals surface area (Å²) in [4.78, 5) is 8.24. The molecule has 0 unspecified atom stereocenters. The van der Waals surface area contributed by atoms with Crippen LogP contribution in [0.2, 0.25) is 0 Å². The van der Waals surface area contributed by atoms with Crippen molar-refractivity contribution in [1.29, 1.82) is 0 Å². The molecule has 1 radical (unpaired) electrons. The Morgan fingerprint density at radius 2 is 1.00 bits per heavy atom. The van der Waals surface area contributed by atoms with Crippen molar-refractivity contribution in [3.05, 3.63) is 29.7 Å². The first-order chi connectivity index (χ1) is 1.41. The van der Waals surface area contributed by atoms with Gasteiger partial charge in [-0.2, -0.15) is 0 Å². The smallest absolute Gasteiger partial charge is 0 e. The molecule has 1 N–H and O–H groups in total. The SMILES string of the molecule is O=[C-]O.[CH3-].[CH3-].[CH3-].[CH3-].[Rh]. The average molecular weight is 208 g/mol. The summed E-state index contributed by atoms with van der Waals surface area (Å²) in [6, 6.07) is 0. The molecule has 0 aromatic carbocycles. The van der Waals surface area contributed by atoms with Gasteiger partial charge in [-0.15, -0.1) is 0 Å². The van der Waals surface area contributed by atoms with E-state index in [9.17, 15) is 0 Å². The van der Waals surface area contributed by atoms with Crippen molar-refractivity contribution in [3.8, 4) is 0 Å². The Kier molecular flexibility index (Phi) is 2560. The third-order valence-corrected chi connectivity index (χ3v) is 0. The first-order valence-corrected chi connectivity index (χ1v) is 0.428. The van der Waals surface area contributed by atoms with Gasteiger partial charge in [0.25, 0.3) is 0 Å². The molecule has 0 aromatic rings. The minimum Gasteiger partial charge on any atom is -0.665 e. The van der Waals surface area contributed by atoms with E-state index in [1.165, 1.54) is 0 Å². The van der Waals surface area contributed by atoms with E-state index < -0.39 is 0 Å². The van der Waals surface area contributed by atoms with Gasteiger partial charge in [0.1, 0.15) is 0 Å². The Balaban J connectivity index is -0.00000000200. The Morgan fingerprint density at radius 3 is 1.00 bits per heavy atom. The van der Waals surface area contributed by atoms with Gasteiger partial charge in [0.05, 0.1) is 0 Å². The molecule has 0 aliphatic carbocycles. The van der Waals surface area contributed by atoms with Crippen molar-refractivity contribution < 1.29 is 29.4 Å². The van der Waals surface area contributed by atoms with E-state index in [0.29, 0.717) is 6.47 Å². The van der Waals surface area contributed by atoms with Crippen LogP contribution in [0.3, 0.4) is 0 Å². The molecule has 0 amide bonds. The Labute approximate surface area is 66.1 Å². The zero-order valence-corrected chi connectivity index (χ0v) is 7.33. The molecule has 8 heavy (non-hydrogen) atoms. The normalized spacial score (nSPS) is 1.50. The molecule has 0 aliphatic rings. The van der Waals surface area contributed by atoms with Crippen LogP contribution < -0.4 is 0 Å². The maximum Gasteiger partial charge on any atom is 0 e. The molecule has 0 bridgehead atoms. The van der Waals surface area contributed by atoms with E-state index in [0.717, 1.165) is 0 Å². The van der Waals surface area contributed by atoms with E-state index in [4.69, 9.17) is 9.90 Å². The number of aliphatic hydroxyl groups excluding tert-OH is 1. The molecule has 3 heteroatoms. The summed E-state index contributed by atoms with van der Waals surface area (Å²) >= 11 is 0. The summed E-state index contributed by atoms with van der Waals surface area (Å²) in [6.45, 7) is 0.500. The van der Waals surface area contributed by atoms with Crippen molar-refractivity contribution in [3.63, 3.8) is 0 Å². The Hall–Kier alpha value is 0.0934. The second-order valence-electron chi connectivity index (χ2n) is 0.0913. The van der Waals surface area contributed by atoms with Crippen LogP contribution in [0.25, 0.3) is 0 Å². The molecule has 0 heterocycles. The van der Waals surface area contributed by atoms with Gasteiger partial charge in [-0.1, -0.05) is 6.47 Å². The molecular formula is C5H13O2Rh-5. The molecule has 0 saturated heterocycles. The quantitative estimate of drug-likeness (QED) is 0.482. The Morgan fingerprint density at radius 1 is 1.00 bits per heavy atom. The summed E-state index contributed by atoms with van der Waals surface area (Å²) in [6.07, 6.45) is 0. The fraction of sp³-hybridized carbons (Fsp3) is 0. The fourth-order valence-electron chi connectivity index (χ4n) is 0. The molecule has 59 valence electrons. The maximum atomic E-state index is 8.24. The van der Waals surface area contributed by atoms with Gasteiger partial charge in [0, 0.05) is 19.5 Å². The molecule has 0 saturated carbocycles. The van der Waals surface area contributed by atoms with Crippen LogP contribution in [-0.2, 0) is 24.3 Å². The number of rotatable bonds is 0. The molecule has 0 rings (SSSR count). The van der Waals surface area contributed by atoms with Crippen LogP contribution in [0.1, 0.15) is 0 Å². The minimum absolute atomic E-state index is 0. The standard InChI is InChI=1S/CHO2.4CH3.Rh/c2-1-3;;;;;/h(H,2,3);4*1H3;/q5*-1;. The van der Waals surface area contributed by atoms with Crippen molar-refractivity contribution in [2.45, 2.75) is 0 Å². The zero-order chi connectivity index (χ0) is 2.71. The maximum absolute atomic E-state index is 8.24. The second kappa shape index (κ2) is 220. The van der Waals surface area contributed by atoms with Gasteiger partial charge in [-0.25, -0.2) is 0 Å². The monoisotopic (exact) mass is 208 g/mol. The average Bonchev–Trinajstić information content (AvgIpc) is 0.918. The summed E-state index contributed by atoms with van der Waals surface area (Å²) < 4.78 is 0. The minimum atomic E-state index is 0. The number of hydrogen-bond donors (Lipinski definition) is 1. The van der Waals surface area contributed by atoms with Crippen LogP contribution in [0.15, 0.2) is 0 Å². The predicted octanol–water partition coefficient (Wildman–Crippen LogP) is 1.41. The third-order valence-electron chi connectivity index (χ3n) is 0. The first-order valence-electron chi connectivity index (χ1n) is 0.428. The summed E-state index contributed by atoms with van der Waals surface area (Å²) in [5.74, 6) is 0. The van der Waals surface area contributed by atoms with Crippen molar-refractivity contribution in [2.75, 3.05) is 0 Å². The van der Waals surface area contributed by atoms with E-state index in [-0.39, 0.29) is 49.2 Å². The van der Waals surface area contributed by atoms with Gasteiger partial charge < -0.3 is 39.6 Å². The van der Waals surface area contributed by atoms with Gasteiger partial charge in [0.2, 0.25) is 0 Å². The van der Waals surface area contributed by atoms with E-state index >= 15 is 0 Å². The fourth-order valence-corrected chi connectivity index (χ4v) is 0. The van der Waals surface area contributed by atoms with Gasteiger partial charge in [0.15, 0.2) is 0 Å². The van der Waals surface area contributed by atoms with E-state index in [1.54, 1.807) is 0 Å². The van der Waals surface area contributed by atoms with E-state index in [2.05, 4.69) is 0 Å². The molecule has 0 aliphatic heterocycles. The second-order valence-corrected chi connectivity index (χ2v) is 0.0913. The largest absolute Gasteiger partial charge is 0.665 e. The number of hydrogen-bond acceptors (Lipinski definition) is 1. The molecule has 0 spiro atoms. The summed E-state index contributed by atoms with van der Waals surface area (Å²) in [7, 11) is 0. The first kappa shape index (κ1) is 92.9. The predicted molar refractivity (Wildman–Crippen MR) is 34.0 cm³/mol. The van der Waals surface area contributed by atoms with Crippen molar-refractivity contribution >= 4 is 6.47 Å². The van der Waals surface area contributed by atoms with Gasteiger partial charge in [-0.3, -0.25) is 0 Å². The van der Waals surface area contributed by atoms with Crippen molar-refractivity contribution in [1.82, 2.24) is 0 Å². The molecule has 0 atom stereocenters. The van der Waals surface area contributed by atoms with E-state index in [1.807, 2.05) is 0 Å². The third kappa shape index (κ3) is 18100. The van der Waals surface area contributed by atoms with Gasteiger partial charge in [-0.05, 0) is 0 Å². The zero-order valence-electron chi connectivity index (χ0n) is 5.69. The summed E-state index contributed by atoms with van der Waals surface area (Å²) in [5.41, 5.74) is 0. The van der Waals surface area contributed by atoms with Crippen LogP contribution >= 0.6 is 0 Å². The molecular weight excluding hydrogens is 195 g/mol. The topological polar surface area (TPSA) is 37.3 Å². The van der Waals surface area contributed by atoms with Crippen LogP contribution in [0.4, 0.5) is 0 Å². The van der Waals surface area contributed by atoms with Crippen LogP contribution in [0, 0.1) is 29.7 Å². The van der Waals surface area contributed by atoms with Gasteiger partial charge >= 0.3 is 0 Å². The molecule has 0 aromatic heterocycles.